The molecule has 3 rings (SSSR count). The van der Waals surface area contributed by atoms with Gasteiger partial charge in [0.1, 0.15) is 7.05 Å². The van der Waals surface area contributed by atoms with Crippen molar-refractivity contribution in [2.45, 2.75) is 13.8 Å². The predicted octanol–water partition coefficient (Wildman–Crippen LogP) is 4.46. The van der Waals surface area contributed by atoms with E-state index >= 15 is 0 Å². The van der Waals surface area contributed by atoms with Gasteiger partial charge in [0, 0.05) is 17.7 Å². The van der Waals surface area contributed by atoms with E-state index in [0.29, 0.717) is 0 Å². The second-order valence-corrected chi connectivity index (χ2v) is 5.59. The summed E-state index contributed by atoms with van der Waals surface area (Å²) in [7, 11) is 2.09. The monoisotopic (exact) mass is 274 g/mol. The fraction of sp³-hybridized carbons (Fsp3) is 0.150. The first-order valence-corrected chi connectivity index (χ1v) is 7.28. The van der Waals surface area contributed by atoms with Crippen molar-refractivity contribution in [3.8, 4) is 22.4 Å². The summed E-state index contributed by atoms with van der Waals surface area (Å²) in [6, 6.07) is 21.7. The lowest BCUT2D eigenvalue weighted by molar-refractivity contribution is -0.660. The molecule has 104 valence electrons. The van der Waals surface area contributed by atoms with Gasteiger partial charge < -0.3 is 0 Å². The number of pyridine rings is 1. The van der Waals surface area contributed by atoms with Gasteiger partial charge in [0.2, 0.25) is 5.69 Å². The van der Waals surface area contributed by atoms with Crippen molar-refractivity contribution in [3.63, 3.8) is 0 Å². The van der Waals surface area contributed by atoms with E-state index in [2.05, 4.69) is 92.3 Å². The fourth-order valence-electron chi connectivity index (χ4n) is 2.63. The van der Waals surface area contributed by atoms with E-state index in [1.807, 2.05) is 0 Å². The van der Waals surface area contributed by atoms with Crippen molar-refractivity contribution in [3.05, 3.63) is 78.0 Å². The number of rotatable bonds is 2. The van der Waals surface area contributed by atoms with Crippen LogP contribution in [0.4, 0.5) is 0 Å². The molecule has 1 heterocycles. The molecule has 21 heavy (non-hydrogen) atoms. The van der Waals surface area contributed by atoms with E-state index in [-0.39, 0.29) is 0 Å². The third-order valence-corrected chi connectivity index (χ3v) is 3.95. The van der Waals surface area contributed by atoms with Crippen molar-refractivity contribution in [2.75, 3.05) is 0 Å². The maximum absolute atomic E-state index is 2.29. The minimum Gasteiger partial charge on any atom is -0.201 e. The summed E-state index contributed by atoms with van der Waals surface area (Å²) < 4.78 is 2.17. The van der Waals surface area contributed by atoms with Gasteiger partial charge in [-0.05, 0) is 42.7 Å². The standard InChI is InChI=1S/C20H20N/c1-15-7-10-17(11-8-15)18-12-9-16(2)19(14-18)20-6-4-5-13-21(20)3/h4-14H,1-3H3/q+1. The molecule has 0 bridgehead atoms. The number of nitrogens with zero attached hydrogens (tertiary/aromatic N) is 1. The largest absolute Gasteiger partial charge is 0.212 e. The topological polar surface area (TPSA) is 3.88 Å². The van der Waals surface area contributed by atoms with E-state index in [0.717, 1.165) is 0 Å². The zero-order valence-electron chi connectivity index (χ0n) is 12.8. The molecule has 1 aromatic heterocycles. The normalized spacial score (nSPS) is 10.6. The molecule has 0 unspecified atom stereocenters. The maximum atomic E-state index is 2.29. The van der Waals surface area contributed by atoms with Crippen molar-refractivity contribution < 1.29 is 4.57 Å². The summed E-state index contributed by atoms with van der Waals surface area (Å²) in [6.45, 7) is 4.29. The van der Waals surface area contributed by atoms with Crippen LogP contribution in [-0.2, 0) is 7.05 Å². The minimum absolute atomic E-state index is 1.24. The second kappa shape index (κ2) is 5.53. The highest BCUT2D eigenvalue weighted by Crippen LogP contribution is 2.27. The molecule has 0 aliphatic carbocycles. The van der Waals surface area contributed by atoms with Crippen LogP contribution in [0.2, 0.25) is 0 Å². The fourth-order valence-corrected chi connectivity index (χ4v) is 2.63. The van der Waals surface area contributed by atoms with Gasteiger partial charge in [-0.15, -0.1) is 0 Å². The van der Waals surface area contributed by atoms with Gasteiger partial charge in [-0.1, -0.05) is 42.0 Å². The third kappa shape index (κ3) is 2.73. The van der Waals surface area contributed by atoms with Gasteiger partial charge >= 0.3 is 0 Å². The summed E-state index contributed by atoms with van der Waals surface area (Å²) in [5, 5.41) is 0. The van der Waals surface area contributed by atoms with Crippen LogP contribution in [-0.4, -0.2) is 0 Å². The molecular formula is C20H20N+. The predicted molar refractivity (Wildman–Crippen MR) is 88.0 cm³/mol. The highest BCUT2D eigenvalue weighted by molar-refractivity contribution is 5.72. The van der Waals surface area contributed by atoms with Crippen molar-refractivity contribution >= 4 is 0 Å². The Bertz CT molecular complexity index is 770. The lowest BCUT2D eigenvalue weighted by atomic mass is 9.97. The molecular weight excluding hydrogens is 254 g/mol. The first kappa shape index (κ1) is 13.6. The molecule has 0 atom stereocenters. The molecule has 0 N–H and O–H groups in total. The maximum Gasteiger partial charge on any atom is 0.212 e. The highest BCUT2D eigenvalue weighted by Gasteiger charge is 2.12. The number of hydrogen-bond donors (Lipinski definition) is 0. The number of aryl methyl sites for hydroxylation is 3. The van der Waals surface area contributed by atoms with Crippen LogP contribution in [0.1, 0.15) is 11.1 Å². The Hall–Kier alpha value is -2.41. The van der Waals surface area contributed by atoms with Crippen LogP contribution in [0.25, 0.3) is 22.4 Å². The molecule has 0 aliphatic heterocycles. The van der Waals surface area contributed by atoms with E-state index in [1.165, 1.54) is 33.5 Å². The average Bonchev–Trinajstić information content (AvgIpc) is 2.50. The van der Waals surface area contributed by atoms with Gasteiger partial charge in [0.15, 0.2) is 6.20 Å². The van der Waals surface area contributed by atoms with E-state index in [4.69, 9.17) is 0 Å². The molecule has 2 aromatic carbocycles. The van der Waals surface area contributed by atoms with Crippen LogP contribution < -0.4 is 4.57 Å². The van der Waals surface area contributed by atoms with Crippen LogP contribution in [0, 0.1) is 13.8 Å². The zero-order chi connectivity index (χ0) is 14.8. The van der Waals surface area contributed by atoms with Crippen molar-refractivity contribution in [1.29, 1.82) is 0 Å². The first-order valence-electron chi connectivity index (χ1n) is 7.28. The molecule has 0 amide bonds. The zero-order valence-corrected chi connectivity index (χ0v) is 12.8. The first-order chi connectivity index (χ1) is 10.1. The van der Waals surface area contributed by atoms with E-state index in [9.17, 15) is 0 Å². The van der Waals surface area contributed by atoms with Crippen molar-refractivity contribution in [1.82, 2.24) is 0 Å². The van der Waals surface area contributed by atoms with Crippen LogP contribution >= 0.6 is 0 Å². The quantitative estimate of drug-likeness (QED) is 0.607. The van der Waals surface area contributed by atoms with Crippen LogP contribution in [0.15, 0.2) is 66.9 Å². The highest BCUT2D eigenvalue weighted by atomic mass is 14.9. The summed E-state index contributed by atoms with van der Waals surface area (Å²) in [6.07, 6.45) is 2.09. The molecule has 0 saturated carbocycles. The summed E-state index contributed by atoms with van der Waals surface area (Å²) in [5.74, 6) is 0. The van der Waals surface area contributed by atoms with Gasteiger partial charge in [-0.2, -0.15) is 0 Å². The molecule has 0 fully saturated rings. The molecule has 0 saturated heterocycles. The van der Waals surface area contributed by atoms with Gasteiger partial charge in [0.05, 0.1) is 0 Å². The number of aromatic nitrogens is 1. The van der Waals surface area contributed by atoms with E-state index in [1.54, 1.807) is 0 Å². The SMILES string of the molecule is Cc1ccc(-c2ccc(C)c(-c3cccc[n+]3C)c2)cc1. The average molecular weight is 274 g/mol. The number of hydrogen-bond acceptors (Lipinski definition) is 0. The summed E-state index contributed by atoms with van der Waals surface area (Å²) in [5.41, 5.74) is 7.65. The summed E-state index contributed by atoms with van der Waals surface area (Å²) in [4.78, 5) is 0. The van der Waals surface area contributed by atoms with Crippen LogP contribution in [0.3, 0.4) is 0 Å². The Morgan fingerprint density at radius 2 is 1.48 bits per heavy atom. The Balaban J connectivity index is 2.13. The second-order valence-electron chi connectivity index (χ2n) is 5.59. The molecule has 0 aliphatic rings. The molecule has 0 radical (unpaired) electrons. The molecule has 3 aromatic rings. The number of benzene rings is 2. The minimum atomic E-state index is 1.24. The Morgan fingerprint density at radius 1 is 0.762 bits per heavy atom. The lowest BCUT2D eigenvalue weighted by Crippen LogP contribution is -2.30. The Morgan fingerprint density at radius 3 is 2.19 bits per heavy atom. The molecule has 0 spiro atoms. The molecule has 1 nitrogen and oxygen atoms in total. The van der Waals surface area contributed by atoms with Gasteiger partial charge in [-0.3, -0.25) is 0 Å². The Labute approximate surface area is 126 Å². The Kier molecular flexibility index (Phi) is 3.57. The summed E-state index contributed by atoms with van der Waals surface area (Å²) >= 11 is 0. The smallest absolute Gasteiger partial charge is 0.201 e. The van der Waals surface area contributed by atoms with E-state index < -0.39 is 0 Å². The van der Waals surface area contributed by atoms with Gasteiger partial charge in [-0.25, -0.2) is 4.57 Å². The van der Waals surface area contributed by atoms with Crippen LogP contribution in [0.5, 0.6) is 0 Å². The lowest BCUT2D eigenvalue weighted by Gasteiger charge is -2.08. The van der Waals surface area contributed by atoms with Gasteiger partial charge in [0.25, 0.3) is 0 Å². The molecule has 1 heteroatoms. The third-order valence-electron chi connectivity index (χ3n) is 3.95. The van der Waals surface area contributed by atoms with Crippen molar-refractivity contribution in [2.24, 2.45) is 7.05 Å².